The van der Waals surface area contributed by atoms with E-state index < -0.39 is 18.5 Å². The molecule has 2 fully saturated rings. The predicted molar refractivity (Wildman–Crippen MR) is 96.9 cm³/mol. The zero-order chi connectivity index (χ0) is 19.0. The van der Waals surface area contributed by atoms with Crippen molar-refractivity contribution in [2.75, 3.05) is 23.4 Å². The van der Waals surface area contributed by atoms with E-state index in [1.54, 1.807) is 24.3 Å². The summed E-state index contributed by atoms with van der Waals surface area (Å²) in [6.45, 7) is -0.504. The Labute approximate surface area is 157 Å². The molecule has 0 spiro atoms. The molecule has 0 saturated heterocycles. The van der Waals surface area contributed by atoms with Gasteiger partial charge in [-0.3, -0.25) is 24.1 Å². The highest BCUT2D eigenvalue weighted by Gasteiger charge is 2.42. The Morgan fingerprint density at radius 1 is 1.11 bits per heavy atom. The number of Topliss-reactive ketones (excluding diaryl/α,β-unsaturated/α-hetero) is 1. The average Bonchev–Trinajstić information content (AvgIpc) is 2.65. The monoisotopic (exact) mass is 370 g/mol. The normalized spacial score (nSPS) is 26.8. The predicted octanol–water partition coefficient (Wildman–Crippen LogP) is 1.91. The number of rotatable bonds is 3. The topological polar surface area (TPSA) is 92.8 Å². The van der Waals surface area contributed by atoms with Crippen molar-refractivity contribution < 1.29 is 23.9 Å². The van der Waals surface area contributed by atoms with Crippen LogP contribution in [0.1, 0.15) is 32.1 Å². The standard InChI is InChI=1S/C20H22N2O5/c23-17-10-22(16-7-2-1-6-15(16)21-17)18(24)11-27-20(26)14-8-12-4-3-5-13(9-14)19(12)25/h1-2,6-7,12-14H,3-5,8-11H2,(H,21,23)/t12-,13+,14?. The molecule has 2 bridgehead atoms. The van der Waals surface area contributed by atoms with E-state index in [9.17, 15) is 19.2 Å². The van der Waals surface area contributed by atoms with Crippen LogP contribution in [0.5, 0.6) is 0 Å². The van der Waals surface area contributed by atoms with Crippen LogP contribution in [0, 0.1) is 17.8 Å². The summed E-state index contributed by atoms with van der Waals surface area (Å²) in [6.07, 6.45) is 3.78. The molecule has 2 saturated carbocycles. The zero-order valence-corrected chi connectivity index (χ0v) is 15.0. The highest BCUT2D eigenvalue weighted by Crippen LogP contribution is 2.40. The summed E-state index contributed by atoms with van der Waals surface area (Å²) in [5, 5.41) is 2.72. The van der Waals surface area contributed by atoms with Gasteiger partial charge in [0.25, 0.3) is 5.91 Å². The minimum Gasteiger partial charge on any atom is -0.455 e. The van der Waals surface area contributed by atoms with Gasteiger partial charge >= 0.3 is 5.97 Å². The summed E-state index contributed by atoms with van der Waals surface area (Å²) < 4.78 is 5.27. The summed E-state index contributed by atoms with van der Waals surface area (Å²) >= 11 is 0. The van der Waals surface area contributed by atoms with Crippen LogP contribution >= 0.6 is 0 Å². The number of hydrogen-bond donors (Lipinski definition) is 1. The van der Waals surface area contributed by atoms with Crippen molar-refractivity contribution in [1.82, 2.24) is 0 Å². The molecule has 7 nitrogen and oxygen atoms in total. The lowest BCUT2D eigenvalue weighted by Gasteiger charge is -2.36. The second-order valence-corrected chi connectivity index (χ2v) is 7.55. The molecule has 3 atom stereocenters. The number of amides is 2. The van der Waals surface area contributed by atoms with Crippen molar-refractivity contribution in [2.45, 2.75) is 32.1 Å². The summed E-state index contributed by atoms with van der Waals surface area (Å²) in [5.74, 6) is -1.24. The minimum absolute atomic E-state index is 0.0385. The highest BCUT2D eigenvalue weighted by molar-refractivity contribution is 6.10. The maximum atomic E-state index is 12.6. The number of fused-ring (bicyclic) bond motifs is 3. The molecular weight excluding hydrogens is 348 g/mol. The quantitative estimate of drug-likeness (QED) is 0.821. The van der Waals surface area contributed by atoms with E-state index in [0.29, 0.717) is 24.2 Å². The number of nitrogens with zero attached hydrogens (tertiary/aromatic N) is 1. The fourth-order valence-corrected chi connectivity index (χ4v) is 4.46. The molecule has 0 aromatic heterocycles. The van der Waals surface area contributed by atoms with Gasteiger partial charge in [0.15, 0.2) is 6.61 Å². The van der Waals surface area contributed by atoms with E-state index in [4.69, 9.17) is 4.74 Å². The van der Waals surface area contributed by atoms with Gasteiger partial charge in [-0.15, -0.1) is 0 Å². The average molecular weight is 370 g/mol. The Hall–Kier alpha value is -2.70. The molecule has 1 N–H and O–H groups in total. The summed E-state index contributed by atoms with van der Waals surface area (Å²) in [7, 11) is 0. The molecule has 1 aromatic carbocycles. The van der Waals surface area contributed by atoms with Crippen molar-refractivity contribution in [3.8, 4) is 0 Å². The van der Waals surface area contributed by atoms with Crippen LogP contribution in [0.4, 0.5) is 11.4 Å². The molecule has 1 aromatic rings. The number of carbonyl (C=O) groups excluding carboxylic acids is 4. The number of anilines is 2. The van der Waals surface area contributed by atoms with E-state index in [0.717, 1.165) is 19.3 Å². The fourth-order valence-electron chi connectivity index (χ4n) is 4.46. The lowest BCUT2D eigenvalue weighted by molar-refractivity contribution is -0.156. The number of para-hydroxylation sites is 2. The second-order valence-electron chi connectivity index (χ2n) is 7.55. The molecule has 1 unspecified atom stereocenters. The third-order valence-corrected chi connectivity index (χ3v) is 5.79. The van der Waals surface area contributed by atoms with E-state index in [1.807, 2.05) is 0 Å². The van der Waals surface area contributed by atoms with Crippen molar-refractivity contribution in [2.24, 2.45) is 17.8 Å². The number of carbonyl (C=O) groups is 4. The number of benzene rings is 1. The highest BCUT2D eigenvalue weighted by atomic mass is 16.5. The number of ketones is 1. The largest absolute Gasteiger partial charge is 0.455 e. The van der Waals surface area contributed by atoms with Gasteiger partial charge in [-0.05, 0) is 37.8 Å². The molecule has 4 rings (SSSR count). The lowest BCUT2D eigenvalue weighted by Crippen LogP contribution is -2.44. The molecule has 1 heterocycles. The molecule has 2 amide bonds. The maximum absolute atomic E-state index is 12.6. The van der Waals surface area contributed by atoms with Crippen LogP contribution in [0.15, 0.2) is 24.3 Å². The van der Waals surface area contributed by atoms with E-state index >= 15 is 0 Å². The third-order valence-electron chi connectivity index (χ3n) is 5.79. The van der Waals surface area contributed by atoms with Crippen molar-refractivity contribution in [1.29, 1.82) is 0 Å². The minimum atomic E-state index is -0.433. The van der Waals surface area contributed by atoms with Gasteiger partial charge in [0, 0.05) is 11.8 Å². The van der Waals surface area contributed by atoms with Crippen LogP contribution in [0.2, 0.25) is 0 Å². The first kappa shape index (κ1) is 17.7. The Morgan fingerprint density at radius 2 is 1.81 bits per heavy atom. The first-order chi connectivity index (χ1) is 13.0. The van der Waals surface area contributed by atoms with Gasteiger partial charge in [-0.25, -0.2) is 0 Å². The Balaban J connectivity index is 1.38. The molecule has 0 radical (unpaired) electrons. The van der Waals surface area contributed by atoms with Gasteiger partial charge < -0.3 is 10.1 Å². The summed E-state index contributed by atoms with van der Waals surface area (Å²) in [6, 6.07) is 7.01. The molecular formula is C20H22N2O5. The smallest absolute Gasteiger partial charge is 0.309 e. The second kappa shape index (κ2) is 7.13. The Morgan fingerprint density at radius 3 is 2.56 bits per heavy atom. The van der Waals surface area contributed by atoms with Crippen LogP contribution in [0.25, 0.3) is 0 Å². The number of esters is 1. The molecule has 3 aliphatic rings. The Bertz CT molecular complexity index is 789. The van der Waals surface area contributed by atoms with Crippen LogP contribution in [-0.4, -0.2) is 36.7 Å². The summed E-state index contributed by atoms with van der Waals surface area (Å²) in [5.41, 5.74) is 1.16. The van der Waals surface area contributed by atoms with Crippen LogP contribution in [-0.2, 0) is 23.9 Å². The number of nitrogens with one attached hydrogen (secondary N) is 1. The molecule has 27 heavy (non-hydrogen) atoms. The van der Waals surface area contributed by atoms with Crippen molar-refractivity contribution >= 4 is 34.9 Å². The van der Waals surface area contributed by atoms with E-state index in [1.165, 1.54) is 4.90 Å². The van der Waals surface area contributed by atoms with Gasteiger partial charge in [0.05, 0.1) is 17.3 Å². The lowest BCUT2D eigenvalue weighted by atomic mass is 9.67. The molecule has 1 aliphatic heterocycles. The van der Waals surface area contributed by atoms with E-state index in [2.05, 4.69) is 5.32 Å². The van der Waals surface area contributed by atoms with Crippen molar-refractivity contribution in [3.63, 3.8) is 0 Å². The zero-order valence-electron chi connectivity index (χ0n) is 15.0. The first-order valence-corrected chi connectivity index (χ1v) is 9.42. The number of hydrogen-bond acceptors (Lipinski definition) is 5. The fraction of sp³-hybridized carbons (Fsp3) is 0.500. The molecule has 2 aliphatic carbocycles. The summed E-state index contributed by atoms with van der Waals surface area (Å²) in [4.78, 5) is 50.3. The van der Waals surface area contributed by atoms with Crippen LogP contribution in [0.3, 0.4) is 0 Å². The van der Waals surface area contributed by atoms with Gasteiger partial charge in [0.1, 0.15) is 12.3 Å². The van der Waals surface area contributed by atoms with Gasteiger partial charge in [0.2, 0.25) is 5.91 Å². The number of ether oxygens (including phenoxy) is 1. The SMILES string of the molecule is O=C1CN(C(=O)COC(=O)C2C[C@H]3CCC[C@@H](C2)C3=O)c2ccccc2N1. The van der Waals surface area contributed by atoms with Gasteiger partial charge in [-0.2, -0.15) is 0 Å². The maximum Gasteiger partial charge on any atom is 0.309 e. The van der Waals surface area contributed by atoms with Crippen LogP contribution < -0.4 is 10.2 Å². The third kappa shape index (κ3) is 3.46. The Kier molecular flexibility index (Phi) is 4.68. The van der Waals surface area contributed by atoms with Gasteiger partial charge in [-0.1, -0.05) is 18.6 Å². The van der Waals surface area contributed by atoms with Crippen molar-refractivity contribution in [3.05, 3.63) is 24.3 Å². The molecule has 7 heteroatoms. The first-order valence-electron chi connectivity index (χ1n) is 9.42. The molecule has 142 valence electrons. The van der Waals surface area contributed by atoms with E-state index in [-0.39, 0.29) is 36.0 Å².